The van der Waals surface area contributed by atoms with Crippen LogP contribution in [0.2, 0.25) is 5.02 Å². The van der Waals surface area contributed by atoms with E-state index in [-0.39, 0.29) is 17.8 Å². The Balaban J connectivity index is 2.13. The number of non-ortho nitro benzene ring substituents is 1. The normalized spacial score (nSPS) is 10.0. The lowest BCUT2D eigenvalue weighted by molar-refractivity contribution is -0.384. The van der Waals surface area contributed by atoms with Crippen LogP contribution in [0.1, 0.15) is 10.4 Å². The van der Waals surface area contributed by atoms with Crippen molar-refractivity contribution in [3.63, 3.8) is 0 Å². The summed E-state index contributed by atoms with van der Waals surface area (Å²) in [7, 11) is 0. The molecule has 0 atom stereocenters. The molecule has 3 amide bonds. The number of nitrogens with zero attached hydrogens (tertiary/aromatic N) is 1. The number of hydrogen-bond donors (Lipinski definition) is 2. The maximum absolute atomic E-state index is 12.5. The predicted molar refractivity (Wildman–Crippen MR) is 111 cm³/mol. The summed E-state index contributed by atoms with van der Waals surface area (Å²) >= 11 is 7.03. The van der Waals surface area contributed by atoms with Gasteiger partial charge in [-0.2, -0.15) is 0 Å². The highest BCUT2D eigenvalue weighted by atomic mass is 35.5. The van der Waals surface area contributed by atoms with Crippen molar-refractivity contribution in [2.24, 2.45) is 0 Å². The Kier molecular flexibility index (Phi) is 8.39. The van der Waals surface area contributed by atoms with Crippen LogP contribution in [-0.4, -0.2) is 36.0 Å². The third-order valence-electron chi connectivity index (χ3n) is 3.43. The largest absolute Gasteiger partial charge is 0.452 e. The van der Waals surface area contributed by atoms with Gasteiger partial charge in [-0.15, -0.1) is 6.58 Å². The van der Waals surface area contributed by atoms with E-state index < -0.39 is 29.4 Å². The van der Waals surface area contributed by atoms with Gasteiger partial charge in [0.2, 0.25) is 0 Å². The average molecular weight is 450 g/mol. The van der Waals surface area contributed by atoms with Gasteiger partial charge >= 0.3 is 12.0 Å². The van der Waals surface area contributed by atoms with E-state index in [1.165, 1.54) is 30.0 Å². The summed E-state index contributed by atoms with van der Waals surface area (Å²) in [6, 6.07) is 9.73. The van der Waals surface area contributed by atoms with Crippen LogP contribution in [0.25, 0.3) is 0 Å². The lowest BCUT2D eigenvalue weighted by Gasteiger charge is -2.10. The Morgan fingerprint density at radius 3 is 2.53 bits per heavy atom. The highest BCUT2D eigenvalue weighted by Gasteiger charge is 2.20. The molecule has 0 aliphatic rings. The Morgan fingerprint density at radius 2 is 1.90 bits per heavy atom. The van der Waals surface area contributed by atoms with E-state index in [2.05, 4.69) is 11.9 Å². The summed E-state index contributed by atoms with van der Waals surface area (Å²) in [4.78, 5) is 47.2. The number of carbonyl (C=O) groups excluding carboxylic acids is 3. The van der Waals surface area contributed by atoms with E-state index >= 15 is 0 Å². The number of rotatable bonds is 8. The van der Waals surface area contributed by atoms with Gasteiger partial charge in [-0.05, 0) is 30.3 Å². The fourth-order valence-electron chi connectivity index (χ4n) is 2.09. The second kappa shape index (κ2) is 11.0. The fraction of sp³-hybridized carbons (Fsp3) is 0.105. The van der Waals surface area contributed by atoms with Crippen LogP contribution in [-0.2, 0) is 9.53 Å². The zero-order valence-electron chi connectivity index (χ0n) is 15.4. The van der Waals surface area contributed by atoms with Gasteiger partial charge in [-0.3, -0.25) is 20.2 Å². The standard InChI is InChI=1S/C19H16ClN3O6S/c1-2-9-21-19(26)22-17(24)11-29-18(25)15-10-13(23(27)28)5-8-16(15)30-14-6-3-12(20)4-7-14/h2-8,10H,1,9,11H2,(H2,21,22,24,26). The number of nitro benzene ring substituents is 1. The van der Waals surface area contributed by atoms with Gasteiger partial charge in [0.05, 0.1) is 10.5 Å². The lowest BCUT2D eigenvalue weighted by atomic mass is 10.2. The number of halogens is 1. The number of amides is 3. The van der Waals surface area contributed by atoms with E-state index in [9.17, 15) is 24.5 Å². The second-order valence-corrected chi connectivity index (χ2v) is 7.17. The van der Waals surface area contributed by atoms with Gasteiger partial charge in [0.25, 0.3) is 11.6 Å². The van der Waals surface area contributed by atoms with Crippen molar-refractivity contribution in [2.45, 2.75) is 9.79 Å². The predicted octanol–water partition coefficient (Wildman–Crippen LogP) is 3.57. The molecule has 0 heterocycles. The van der Waals surface area contributed by atoms with Crippen LogP contribution in [0, 0.1) is 10.1 Å². The third kappa shape index (κ3) is 6.90. The van der Waals surface area contributed by atoms with Crippen molar-refractivity contribution in [1.82, 2.24) is 10.6 Å². The summed E-state index contributed by atoms with van der Waals surface area (Å²) in [6.45, 7) is 2.82. The smallest absolute Gasteiger partial charge is 0.340 e. The van der Waals surface area contributed by atoms with Crippen LogP contribution >= 0.6 is 23.4 Å². The number of hydrogen-bond acceptors (Lipinski definition) is 7. The lowest BCUT2D eigenvalue weighted by Crippen LogP contribution is -2.41. The highest BCUT2D eigenvalue weighted by Crippen LogP contribution is 2.33. The Labute approximate surface area is 180 Å². The fourth-order valence-corrected chi connectivity index (χ4v) is 3.13. The summed E-state index contributed by atoms with van der Waals surface area (Å²) in [5.41, 5.74) is -0.399. The first-order valence-corrected chi connectivity index (χ1v) is 9.57. The first-order valence-electron chi connectivity index (χ1n) is 8.37. The molecule has 2 aromatic carbocycles. The van der Waals surface area contributed by atoms with Crippen molar-refractivity contribution in [2.75, 3.05) is 13.2 Å². The number of imide groups is 1. The molecule has 0 aromatic heterocycles. The monoisotopic (exact) mass is 449 g/mol. The molecule has 0 saturated heterocycles. The molecule has 0 radical (unpaired) electrons. The zero-order chi connectivity index (χ0) is 22.1. The number of esters is 1. The van der Waals surface area contributed by atoms with Crippen LogP contribution < -0.4 is 10.6 Å². The second-order valence-electron chi connectivity index (χ2n) is 5.62. The Morgan fingerprint density at radius 1 is 1.20 bits per heavy atom. The summed E-state index contributed by atoms with van der Waals surface area (Å²) in [5, 5.41) is 15.9. The molecule has 0 bridgehead atoms. The van der Waals surface area contributed by atoms with Crippen LogP contribution in [0.3, 0.4) is 0 Å². The van der Waals surface area contributed by atoms with E-state index in [0.717, 1.165) is 11.0 Å². The molecule has 11 heteroatoms. The molecule has 2 rings (SSSR count). The van der Waals surface area contributed by atoms with Gasteiger partial charge in [0, 0.05) is 33.5 Å². The molecule has 0 aliphatic carbocycles. The topological polar surface area (TPSA) is 128 Å². The molecule has 0 saturated carbocycles. The molecule has 0 spiro atoms. The van der Waals surface area contributed by atoms with Crippen LogP contribution in [0.15, 0.2) is 64.9 Å². The average Bonchev–Trinajstić information content (AvgIpc) is 2.72. The van der Waals surface area contributed by atoms with Gasteiger partial charge < -0.3 is 10.1 Å². The van der Waals surface area contributed by atoms with Crippen molar-refractivity contribution in [1.29, 1.82) is 0 Å². The van der Waals surface area contributed by atoms with E-state index in [4.69, 9.17) is 16.3 Å². The molecule has 0 fully saturated rings. The first kappa shape index (κ1) is 22.9. The molecule has 9 nitrogen and oxygen atoms in total. The zero-order valence-corrected chi connectivity index (χ0v) is 17.0. The van der Waals surface area contributed by atoms with E-state index in [1.807, 2.05) is 5.32 Å². The highest BCUT2D eigenvalue weighted by molar-refractivity contribution is 7.99. The molecule has 0 aliphatic heterocycles. The van der Waals surface area contributed by atoms with Crippen LogP contribution in [0.4, 0.5) is 10.5 Å². The van der Waals surface area contributed by atoms with Gasteiger partial charge in [0.15, 0.2) is 6.61 Å². The Hall–Kier alpha value is -3.37. The molecule has 0 unspecified atom stereocenters. The summed E-state index contributed by atoms with van der Waals surface area (Å²) in [6.07, 6.45) is 1.42. The van der Waals surface area contributed by atoms with Gasteiger partial charge in [-0.1, -0.05) is 29.4 Å². The maximum atomic E-state index is 12.5. The van der Waals surface area contributed by atoms with Gasteiger partial charge in [0.1, 0.15) is 0 Å². The van der Waals surface area contributed by atoms with Gasteiger partial charge in [-0.25, -0.2) is 9.59 Å². The van der Waals surface area contributed by atoms with E-state index in [1.54, 1.807) is 24.3 Å². The molecule has 156 valence electrons. The number of carbonyl (C=O) groups is 3. The number of benzene rings is 2. The third-order valence-corrected chi connectivity index (χ3v) is 4.77. The van der Waals surface area contributed by atoms with Crippen molar-refractivity contribution in [3.05, 3.63) is 75.8 Å². The molecule has 2 N–H and O–H groups in total. The first-order chi connectivity index (χ1) is 14.3. The van der Waals surface area contributed by atoms with Crippen LogP contribution in [0.5, 0.6) is 0 Å². The molecular weight excluding hydrogens is 434 g/mol. The minimum Gasteiger partial charge on any atom is -0.452 e. The van der Waals surface area contributed by atoms with Crippen molar-refractivity contribution >= 4 is 47.0 Å². The number of urea groups is 1. The number of nitro groups is 1. The number of nitrogens with one attached hydrogen (secondary N) is 2. The van der Waals surface area contributed by atoms with Crippen molar-refractivity contribution in [3.8, 4) is 0 Å². The SMILES string of the molecule is C=CCNC(=O)NC(=O)COC(=O)c1cc([N+](=O)[O-])ccc1Sc1ccc(Cl)cc1. The molecule has 30 heavy (non-hydrogen) atoms. The summed E-state index contributed by atoms with van der Waals surface area (Å²) in [5.74, 6) is -1.81. The quantitative estimate of drug-likeness (QED) is 0.273. The maximum Gasteiger partial charge on any atom is 0.340 e. The summed E-state index contributed by atoms with van der Waals surface area (Å²) < 4.78 is 4.92. The number of ether oxygens (including phenoxy) is 1. The minimum absolute atomic E-state index is 0.0898. The van der Waals surface area contributed by atoms with Crippen molar-refractivity contribution < 1.29 is 24.0 Å². The van der Waals surface area contributed by atoms with E-state index in [0.29, 0.717) is 9.92 Å². The molecule has 2 aromatic rings. The molecular formula is C19H16ClN3O6S. The Bertz CT molecular complexity index is 981. The minimum atomic E-state index is -0.947.